The minimum absolute atomic E-state index is 0.0202. The first-order valence-electron chi connectivity index (χ1n) is 4.77. The van der Waals surface area contributed by atoms with E-state index in [9.17, 15) is 13.5 Å². The molecule has 0 saturated carbocycles. The molecule has 0 saturated heterocycles. The summed E-state index contributed by atoms with van der Waals surface area (Å²) < 4.78 is 34.6. The Hall–Kier alpha value is -1.27. The highest BCUT2D eigenvalue weighted by Gasteiger charge is 2.07. The van der Waals surface area contributed by atoms with Gasteiger partial charge in [-0.3, -0.25) is 4.55 Å². The molecule has 1 aromatic carbocycles. The lowest BCUT2D eigenvalue weighted by molar-refractivity contribution is 0.296. The number of phenolic OH excluding ortho intramolecular Hbond substituents is 1. The zero-order valence-corrected chi connectivity index (χ0v) is 9.70. The summed E-state index contributed by atoms with van der Waals surface area (Å²) in [5.74, 6) is 0.0179. The van der Waals surface area contributed by atoms with Crippen LogP contribution in [0.1, 0.15) is 12.0 Å². The molecule has 0 aliphatic heterocycles. The van der Waals surface area contributed by atoms with Crippen molar-refractivity contribution in [2.75, 3.05) is 12.4 Å². The Morgan fingerprint density at radius 3 is 2.62 bits per heavy atom. The van der Waals surface area contributed by atoms with Gasteiger partial charge >= 0.3 is 0 Å². The van der Waals surface area contributed by atoms with Crippen molar-refractivity contribution in [2.45, 2.75) is 13.3 Å². The second-order valence-electron chi connectivity index (χ2n) is 3.41. The van der Waals surface area contributed by atoms with Crippen LogP contribution in [0.15, 0.2) is 18.2 Å². The summed E-state index contributed by atoms with van der Waals surface area (Å²) in [5, 5.41) is 9.46. The Kier molecular flexibility index (Phi) is 4.14. The third-order valence-corrected chi connectivity index (χ3v) is 2.79. The molecular weight excluding hydrogens is 232 g/mol. The average molecular weight is 246 g/mol. The van der Waals surface area contributed by atoms with Gasteiger partial charge in [-0.1, -0.05) is 12.1 Å². The van der Waals surface area contributed by atoms with Gasteiger partial charge in [0.25, 0.3) is 10.1 Å². The number of aryl methyl sites for hydroxylation is 1. The summed E-state index contributed by atoms with van der Waals surface area (Å²) in [5.41, 5.74) is 0.770. The molecule has 0 bridgehead atoms. The van der Waals surface area contributed by atoms with E-state index in [0.717, 1.165) is 5.56 Å². The molecule has 16 heavy (non-hydrogen) atoms. The van der Waals surface area contributed by atoms with Crippen molar-refractivity contribution in [2.24, 2.45) is 0 Å². The molecule has 0 aliphatic carbocycles. The molecule has 0 unspecified atom stereocenters. The van der Waals surface area contributed by atoms with E-state index in [-0.39, 0.29) is 24.5 Å². The van der Waals surface area contributed by atoms with Gasteiger partial charge in [0.1, 0.15) is 0 Å². The molecule has 5 nitrogen and oxygen atoms in total. The quantitative estimate of drug-likeness (QED) is 0.605. The molecule has 0 fully saturated rings. The van der Waals surface area contributed by atoms with Gasteiger partial charge in [0.2, 0.25) is 0 Å². The first-order valence-corrected chi connectivity index (χ1v) is 6.37. The standard InChI is InChI=1S/C10H14O5S/c1-8-4-2-5-9(11)10(8)15-6-3-7-16(12,13)14/h2,4-5,11H,3,6-7H2,1H3,(H,12,13,14). The summed E-state index contributed by atoms with van der Waals surface area (Å²) in [6.45, 7) is 1.90. The monoisotopic (exact) mass is 246 g/mol. The van der Waals surface area contributed by atoms with Crippen molar-refractivity contribution in [3.8, 4) is 11.5 Å². The van der Waals surface area contributed by atoms with Crippen LogP contribution >= 0.6 is 0 Å². The van der Waals surface area contributed by atoms with Crippen molar-refractivity contribution in [1.82, 2.24) is 0 Å². The lowest BCUT2D eigenvalue weighted by Gasteiger charge is -2.09. The van der Waals surface area contributed by atoms with E-state index in [1.807, 2.05) is 0 Å². The molecule has 6 heteroatoms. The van der Waals surface area contributed by atoms with Crippen LogP contribution in [0.5, 0.6) is 11.5 Å². The van der Waals surface area contributed by atoms with Crippen LogP contribution in [-0.2, 0) is 10.1 Å². The molecule has 1 aromatic rings. The molecule has 0 radical (unpaired) electrons. The summed E-state index contributed by atoms with van der Waals surface area (Å²) in [7, 11) is -3.94. The van der Waals surface area contributed by atoms with E-state index in [1.165, 1.54) is 6.07 Å². The first-order chi connectivity index (χ1) is 7.40. The summed E-state index contributed by atoms with van der Waals surface area (Å²) >= 11 is 0. The van der Waals surface area contributed by atoms with Crippen LogP contribution in [0.4, 0.5) is 0 Å². The van der Waals surface area contributed by atoms with Crippen LogP contribution < -0.4 is 4.74 Å². The van der Waals surface area contributed by atoms with Gasteiger partial charge in [0.05, 0.1) is 12.4 Å². The molecular formula is C10H14O5S. The maximum absolute atomic E-state index is 10.4. The maximum Gasteiger partial charge on any atom is 0.264 e. The van der Waals surface area contributed by atoms with Gasteiger partial charge in [-0.05, 0) is 25.0 Å². The molecule has 0 atom stereocenters. The van der Waals surface area contributed by atoms with Gasteiger partial charge in [-0.25, -0.2) is 0 Å². The van der Waals surface area contributed by atoms with E-state index in [2.05, 4.69) is 0 Å². The second kappa shape index (κ2) is 5.18. The van der Waals surface area contributed by atoms with Crippen LogP contribution in [0.25, 0.3) is 0 Å². The summed E-state index contributed by atoms with van der Waals surface area (Å²) in [4.78, 5) is 0. The Morgan fingerprint density at radius 1 is 1.38 bits per heavy atom. The highest BCUT2D eigenvalue weighted by atomic mass is 32.2. The Bertz CT molecular complexity index is 432. The largest absolute Gasteiger partial charge is 0.504 e. The number of phenols is 1. The van der Waals surface area contributed by atoms with E-state index in [1.54, 1.807) is 19.1 Å². The van der Waals surface area contributed by atoms with E-state index < -0.39 is 10.1 Å². The molecule has 0 heterocycles. The molecule has 1 rings (SSSR count). The van der Waals surface area contributed by atoms with Gasteiger partial charge in [-0.15, -0.1) is 0 Å². The van der Waals surface area contributed by atoms with Gasteiger partial charge in [0.15, 0.2) is 11.5 Å². The van der Waals surface area contributed by atoms with Crippen molar-refractivity contribution in [3.05, 3.63) is 23.8 Å². The number of hydrogen-bond acceptors (Lipinski definition) is 4. The number of benzene rings is 1. The molecule has 2 N–H and O–H groups in total. The van der Waals surface area contributed by atoms with Gasteiger partial charge < -0.3 is 9.84 Å². The maximum atomic E-state index is 10.4. The minimum Gasteiger partial charge on any atom is -0.504 e. The zero-order valence-electron chi connectivity index (χ0n) is 8.88. The third-order valence-electron chi connectivity index (χ3n) is 1.98. The van der Waals surface area contributed by atoms with Crippen molar-refractivity contribution >= 4 is 10.1 Å². The number of hydrogen-bond donors (Lipinski definition) is 2. The van der Waals surface area contributed by atoms with E-state index in [0.29, 0.717) is 5.75 Å². The zero-order chi connectivity index (χ0) is 12.2. The summed E-state index contributed by atoms with van der Waals surface area (Å²) in [6.07, 6.45) is 0.173. The highest BCUT2D eigenvalue weighted by molar-refractivity contribution is 7.85. The molecule has 0 aromatic heterocycles. The molecule has 90 valence electrons. The fourth-order valence-electron chi connectivity index (χ4n) is 1.24. The van der Waals surface area contributed by atoms with Crippen molar-refractivity contribution in [1.29, 1.82) is 0 Å². The van der Waals surface area contributed by atoms with E-state index >= 15 is 0 Å². The fourth-order valence-corrected chi connectivity index (χ4v) is 1.72. The first kappa shape index (κ1) is 12.8. The predicted molar refractivity (Wildman–Crippen MR) is 59.4 cm³/mol. The van der Waals surface area contributed by atoms with Crippen molar-refractivity contribution in [3.63, 3.8) is 0 Å². The Labute approximate surface area is 94.4 Å². The average Bonchev–Trinajstić information content (AvgIpc) is 2.14. The lowest BCUT2D eigenvalue weighted by Crippen LogP contribution is -2.08. The smallest absolute Gasteiger partial charge is 0.264 e. The normalized spacial score (nSPS) is 11.4. The topological polar surface area (TPSA) is 83.8 Å². The number of ether oxygens (including phenoxy) is 1. The predicted octanol–water partition coefficient (Wildman–Crippen LogP) is 1.36. The van der Waals surface area contributed by atoms with Crippen LogP contribution in [0.3, 0.4) is 0 Å². The number of para-hydroxylation sites is 1. The second-order valence-corrected chi connectivity index (χ2v) is 4.98. The summed E-state index contributed by atoms with van der Waals surface area (Å²) in [6, 6.07) is 4.96. The van der Waals surface area contributed by atoms with Gasteiger partial charge in [-0.2, -0.15) is 8.42 Å². The van der Waals surface area contributed by atoms with Crippen LogP contribution in [-0.4, -0.2) is 30.4 Å². The van der Waals surface area contributed by atoms with Crippen molar-refractivity contribution < 1.29 is 22.8 Å². The minimum atomic E-state index is -3.94. The van der Waals surface area contributed by atoms with Gasteiger partial charge in [0, 0.05) is 0 Å². The Morgan fingerprint density at radius 2 is 2.06 bits per heavy atom. The lowest BCUT2D eigenvalue weighted by atomic mass is 10.2. The van der Waals surface area contributed by atoms with Crippen LogP contribution in [0.2, 0.25) is 0 Å². The van der Waals surface area contributed by atoms with Crippen LogP contribution in [0, 0.1) is 6.92 Å². The molecule has 0 aliphatic rings. The molecule has 0 amide bonds. The number of aromatic hydroxyl groups is 1. The van der Waals surface area contributed by atoms with E-state index in [4.69, 9.17) is 9.29 Å². The fraction of sp³-hybridized carbons (Fsp3) is 0.400. The third kappa shape index (κ3) is 4.08. The molecule has 0 spiro atoms. The SMILES string of the molecule is Cc1cccc(O)c1OCCCS(=O)(=O)O. The Balaban J connectivity index is 2.49. The highest BCUT2D eigenvalue weighted by Crippen LogP contribution is 2.29. The number of rotatable bonds is 5.